The molecular weight excluding hydrogens is 270 g/mol. The van der Waals surface area contributed by atoms with Crippen LogP contribution in [0, 0.1) is 0 Å². The second-order valence-electron chi connectivity index (χ2n) is 4.86. The molecule has 1 aromatic carbocycles. The predicted molar refractivity (Wildman–Crippen MR) is 83.1 cm³/mol. The van der Waals surface area contributed by atoms with Crippen LogP contribution in [0.2, 0.25) is 0 Å². The molecule has 1 aromatic rings. The molecule has 0 aliphatic heterocycles. The Morgan fingerprint density at radius 1 is 1.10 bits per heavy atom. The summed E-state index contributed by atoms with van der Waals surface area (Å²) in [6.07, 6.45) is 0.933. The van der Waals surface area contributed by atoms with Crippen LogP contribution in [0.1, 0.15) is 6.42 Å². The Hall–Kier alpha value is -1.95. The molecule has 21 heavy (non-hydrogen) atoms. The van der Waals surface area contributed by atoms with Crippen molar-refractivity contribution in [1.82, 2.24) is 15.5 Å². The Balaban J connectivity index is 2.06. The highest BCUT2D eigenvalue weighted by Crippen LogP contribution is 2.16. The minimum absolute atomic E-state index is 0.160. The van der Waals surface area contributed by atoms with E-state index in [-0.39, 0.29) is 6.03 Å². The zero-order chi connectivity index (χ0) is 15.5. The summed E-state index contributed by atoms with van der Waals surface area (Å²) in [6.45, 7) is 2.52. The van der Waals surface area contributed by atoms with E-state index in [1.165, 1.54) is 0 Å². The molecule has 0 spiro atoms. The summed E-state index contributed by atoms with van der Waals surface area (Å²) in [7, 11) is 5.64. The first-order chi connectivity index (χ1) is 10.1. The van der Waals surface area contributed by atoms with Crippen molar-refractivity contribution in [2.24, 2.45) is 0 Å². The number of carbonyl (C=O) groups excluding carboxylic acids is 1. The van der Waals surface area contributed by atoms with Crippen molar-refractivity contribution in [2.45, 2.75) is 6.42 Å². The third-order valence-corrected chi connectivity index (χ3v) is 2.78. The molecule has 0 radical (unpaired) electrons. The zero-order valence-electron chi connectivity index (χ0n) is 13.0. The van der Waals surface area contributed by atoms with Gasteiger partial charge in [-0.25, -0.2) is 4.79 Å². The predicted octanol–water partition coefficient (Wildman–Crippen LogP) is 1.32. The van der Waals surface area contributed by atoms with Crippen LogP contribution in [0.25, 0.3) is 0 Å². The molecule has 6 nitrogen and oxygen atoms in total. The number of methoxy groups -OCH3 is 1. The molecule has 0 unspecified atom stereocenters. The van der Waals surface area contributed by atoms with Crippen molar-refractivity contribution in [2.75, 3.05) is 47.4 Å². The summed E-state index contributed by atoms with van der Waals surface area (Å²) in [6, 6.07) is 7.17. The van der Waals surface area contributed by atoms with Gasteiger partial charge in [-0.2, -0.15) is 0 Å². The Kier molecular flexibility index (Phi) is 8.04. The van der Waals surface area contributed by atoms with E-state index in [1.807, 2.05) is 38.4 Å². The van der Waals surface area contributed by atoms with Gasteiger partial charge in [0.05, 0.1) is 13.7 Å². The molecule has 2 N–H and O–H groups in total. The fraction of sp³-hybridized carbons (Fsp3) is 0.533. The Morgan fingerprint density at radius 3 is 2.33 bits per heavy atom. The van der Waals surface area contributed by atoms with Gasteiger partial charge in [0.1, 0.15) is 18.1 Å². The van der Waals surface area contributed by atoms with Crippen LogP contribution in [-0.2, 0) is 0 Å². The fourth-order valence-corrected chi connectivity index (χ4v) is 1.67. The number of carbonyl (C=O) groups is 1. The standard InChI is InChI=1S/C15H25N3O3/c1-18(2)11-4-9-16-15(19)17-10-12-21-14-7-5-13(20-3)6-8-14/h5-8H,4,9-12H2,1-3H3,(H2,16,17,19). The topological polar surface area (TPSA) is 62.8 Å². The summed E-state index contributed by atoms with van der Waals surface area (Å²) in [5.74, 6) is 1.54. The number of benzene rings is 1. The molecule has 2 amide bonds. The van der Waals surface area contributed by atoms with Gasteiger partial charge < -0.3 is 25.0 Å². The second-order valence-corrected chi connectivity index (χ2v) is 4.86. The molecular formula is C15H25N3O3. The van der Waals surface area contributed by atoms with Crippen molar-refractivity contribution in [1.29, 1.82) is 0 Å². The van der Waals surface area contributed by atoms with Gasteiger partial charge >= 0.3 is 6.03 Å². The summed E-state index contributed by atoms with van der Waals surface area (Å²) in [5, 5.41) is 5.55. The van der Waals surface area contributed by atoms with Gasteiger partial charge in [-0.1, -0.05) is 0 Å². The van der Waals surface area contributed by atoms with Crippen LogP contribution < -0.4 is 20.1 Å². The van der Waals surface area contributed by atoms with E-state index in [9.17, 15) is 4.79 Å². The van der Waals surface area contributed by atoms with Crippen molar-refractivity contribution >= 4 is 6.03 Å². The summed E-state index contributed by atoms with van der Waals surface area (Å²) < 4.78 is 10.6. The normalized spacial score (nSPS) is 10.3. The molecule has 0 fully saturated rings. The van der Waals surface area contributed by atoms with Gasteiger partial charge in [0.2, 0.25) is 0 Å². The second kappa shape index (κ2) is 9.88. The number of hydrogen-bond donors (Lipinski definition) is 2. The van der Waals surface area contributed by atoms with Crippen LogP contribution >= 0.6 is 0 Å². The molecule has 0 aliphatic carbocycles. The minimum atomic E-state index is -0.160. The highest BCUT2D eigenvalue weighted by Gasteiger charge is 2.00. The Morgan fingerprint density at radius 2 is 1.71 bits per heavy atom. The van der Waals surface area contributed by atoms with E-state index < -0.39 is 0 Å². The van der Waals surface area contributed by atoms with Gasteiger partial charge in [-0.05, 0) is 51.3 Å². The molecule has 118 valence electrons. The van der Waals surface area contributed by atoms with E-state index in [0.29, 0.717) is 19.7 Å². The lowest BCUT2D eigenvalue weighted by Crippen LogP contribution is -2.38. The first kappa shape index (κ1) is 17.1. The molecule has 0 aliphatic rings. The SMILES string of the molecule is COc1ccc(OCCNC(=O)NCCCN(C)C)cc1. The smallest absolute Gasteiger partial charge is 0.314 e. The van der Waals surface area contributed by atoms with E-state index in [4.69, 9.17) is 9.47 Å². The molecule has 1 rings (SSSR count). The van der Waals surface area contributed by atoms with E-state index in [0.717, 1.165) is 24.5 Å². The molecule has 0 bridgehead atoms. The summed E-state index contributed by atoms with van der Waals surface area (Å²) >= 11 is 0. The van der Waals surface area contributed by atoms with Crippen LogP contribution in [0.15, 0.2) is 24.3 Å². The molecule has 0 atom stereocenters. The third kappa shape index (κ3) is 8.04. The van der Waals surface area contributed by atoms with Crippen molar-refractivity contribution in [3.8, 4) is 11.5 Å². The van der Waals surface area contributed by atoms with Gasteiger partial charge in [0.25, 0.3) is 0 Å². The first-order valence-electron chi connectivity index (χ1n) is 7.05. The van der Waals surface area contributed by atoms with Crippen molar-refractivity contribution in [3.05, 3.63) is 24.3 Å². The van der Waals surface area contributed by atoms with Crippen LogP contribution in [0.3, 0.4) is 0 Å². The number of rotatable bonds is 9. The highest BCUT2D eigenvalue weighted by atomic mass is 16.5. The van der Waals surface area contributed by atoms with Crippen molar-refractivity contribution < 1.29 is 14.3 Å². The van der Waals surface area contributed by atoms with Crippen LogP contribution in [0.5, 0.6) is 11.5 Å². The van der Waals surface area contributed by atoms with Gasteiger partial charge in [0.15, 0.2) is 0 Å². The van der Waals surface area contributed by atoms with Crippen LogP contribution in [0.4, 0.5) is 4.79 Å². The fourth-order valence-electron chi connectivity index (χ4n) is 1.67. The number of hydrogen-bond acceptors (Lipinski definition) is 4. The maximum Gasteiger partial charge on any atom is 0.314 e. The van der Waals surface area contributed by atoms with Gasteiger partial charge in [0, 0.05) is 6.54 Å². The Labute approximate surface area is 126 Å². The highest BCUT2D eigenvalue weighted by molar-refractivity contribution is 5.73. The minimum Gasteiger partial charge on any atom is -0.497 e. The molecule has 6 heteroatoms. The molecule has 0 aromatic heterocycles. The molecule has 0 saturated carbocycles. The first-order valence-corrected chi connectivity index (χ1v) is 7.05. The molecule has 0 heterocycles. The lowest BCUT2D eigenvalue weighted by atomic mass is 10.3. The third-order valence-electron chi connectivity index (χ3n) is 2.78. The van der Waals surface area contributed by atoms with E-state index in [2.05, 4.69) is 15.5 Å². The largest absolute Gasteiger partial charge is 0.497 e. The lowest BCUT2D eigenvalue weighted by molar-refractivity contribution is 0.236. The number of urea groups is 1. The monoisotopic (exact) mass is 295 g/mol. The lowest BCUT2D eigenvalue weighted by Gasteiger charge is -2.11. The number of nitrogens with zero attached hydrogens (tertiary/aromatic N) is 1. The quantitative estimate of drug-likeness (QED) is 0.675. The average molecular weight is 295 g/mol. The summed E-state index contributed by atoms with van der Waals surface area (Å²) in [4.78, 5) is 13.6. The van der Waals surface area contributed by atoms with Crippen molar-refractivity contribution in [3.63, 3.8) is 0 Å². The number of ether oxygens (including phenoxy) is 2. The maximum absolute atomic E-state index is 11.5. The van der Waals surface area contributed by atoms with Crippen LogP contribution in [-0.4, -0.2) is 58.4 Å². The van der Waals surface area contributed by atoms with Gasteiger partial charge in [-0.3, -0.25) is 0 Å². The summed E-state index contributed by atoms with van der Waals surface area (Å²) in [5.41, 5.74) is 0. The number of nitrogens with one attached hydrogen (secondary N) is 2. The average Bonchev–Trinajstić information content (AvgIpc) is 2.48. The number of amides is 2. The van der Waals surface area contributed by atoms with Gasteiger partial charge in [-0.15, -0.1) is 0 Å². The van der Waals surface area contributed by atoms with E-state index in [1.54, 1.807) is 7.11 Å². The maximum atomic E-state index is 11.5. The molecule has 0 saturated heterocycles. The Bertz CT molecular complexity index is 407. The van der Waals surface area contributed by atoms with E-state index >= 15 is 0 Å². The zero-order valence-corrected chi connectivity index (χ0v) is 13.0.